The average molecular weight is 278 g/mol. The van der Waals surface area contributed by atoms with Gasteiger partial charge in [-0.05, 0) is 51.4 Å². The summed E-state index contributed by atoms with van der Waals surface area (Å²) in [5.41, 5.74) is 1.07. The molecule has 0 unspecified atom stereocenters. The molecule has 0 bridgehead atoms. The summed E-state index contributed by atoms with van der Waals surface area (Å²) in [6.07, 6.45) is 6.85. The molecule has 0 radical (unpaired) electrons. The van der Waals surface area contributed by atoms with Crippen molar-refractivity contribution in [2.75, 3.05) is 19.6 Å². The van der Waals surface area contributed by atoms with Crippen LogP contribution in [-0.2, 0) is 11.8 Å². The summed E-state index contributed by atoms with van der Waals surface area (Å²) in [6.45, 7) is 5.54. The minimum absolute atomic E-state index is 0.0711. The van der Waals surface area contributed by atoms with Gasteiger partial charge in [0.15, 0.2) is 0 Å². The highest BCUT2D eigenvalue weighted by Gasteiger charge is 2.16. The highest BCUT2D eigenvalue weighted by molar-refractivity contribution is 5.76. The molecule has 0 spiro atoms. The second-order valence-corrected chi connectivity index (χ2v) is 5.56. The van der Waals surface area contributed by atoms with E-state index in [0.717, 1.165) is 25.1 Å². The lowest BCUT2D eigenvalue weighted by molar-refractivity contribution is -0.122. The molecule has 2 rings (SSSR count). The lowest BCUT2D eigenvalue weighted by Gasteiger charge is -2.18. The number of carbonyl (C=O) groups is 1. The molecule has 5 nitrogen and oxygen atoms in total. The van der Waals surface area contributed by atoms with Crippen molar-refractivity contribution in [3.8, 4) is 0 Å². The molecule has 5 heteroatoms. The third-order valence-electron chi connectivity index (χ3n) is 4.04. The van der Waals surface area contributed by atoms with Crippen LogP contribution in [0, 0.1) is 0 Å². The summed E-state index contributed by atoms with van der Waals surface area (Å²) in [6, 6.07) is 2.04. The van der Waals surface area contributed by atoms with E-state index in [1.807, 2.05) is 17.8 Å². The SMILES string of the molecule is CC[C@@H](NC(=O)CCCN1CCCC1)c1ccnn1C. The number of aromatic nitrogens is 2. The number of carbonyl (C=O) groups excluding carboxylic acids is 1. The van der Waals surface area contributed by atoms with Crippen LogP contribution < -0.4 is 5.32 Å². The minimum Gasteiger partial charge on any atom is -0.348 e. The number of hydrogen-bond acceptors (Lipinski definition) is 3. The van der Waals surface area contributed by atoms with Crippen LogP contribution in [-0.4, -0.2) is 40.2 Å². The first kappa shape index (κ1) is 15.0. The smallest absolute Gasteiger partial charge is 0.220 e. The number of nitrogens with zero attached hydrogens (tertiary/aromatic N) is 3. The van der Waals surface area contributed by atoms with Gasteiger partial charge in [0.25, 0.3) is 0 Å². The van der Waals surface area contributed by atoms with E-state index in [1.165, 1.54) is 25.9 Å². The Bertz CT molecular complexity index is 423. The molecule has 0 aromatic carbocycles. The van der Waals surface area contributed by atoms with Crippen LogP contribution in [0.5, 0.6) is 0 Å². The van der Waals surface area contributed by atoms with Gasteiger partial charge in [-0.25, -0.2) is 0 Å². The first-order valence-electron chi connectivity index (χ1n) is 7.70. The third kappa shape index (κ3) is 4.07. The molecule has 112 valence electrons. The molecule has 0 saturated carbocycles. The van der Waals surface area contributed by atoms with Crippen LogP contribution in [0.1, 0.15) is 50.8 Å². The van der Waals surface area contributed by atoms with E-state index in [0.29, 0.717) is 6.42 Å². The topological polar surface area (TPSA) is 50.2 Å². The van der Waals surface area contributed by atoms with Gasteiger partial charge in [0.05, 0.1) is 11.7 Å². The van der Waals surface area contributed by atoms with Crippen LogP contribution >= 0.6 is 0 Å². The van der Waals surface area contributed by atoms with E-state index in [-0.39, 0.29) is 11.9 Å². The van der Waals surface area contributed by atoms with Gasteiger partial charge in [0.1, 0.15) is 0 Å². The maximum Gasteiger partial charge on any atom is 0.220 e. The molecule has 1 amide bonds. The lowest BCUT2D eigenvalue weighted by atomic mass is 10.1. The normalized spacial score (nSPS) is 17.3. The molecule has 1 aliphatic heterocycles. The first-order chi connectivity index (χ1) is 9.70. The third-order valence-corrected chi connectivity index (χ3v) is 4.04. The van der Waals surface area contributed by atoms with Gasteiger partial charge < -0.3 is 10.2 Å². The van der Waals surface area contributed by atoms with E-state index < -0.39 is 0 Å². The Morgan fingerprint density at radius 3 is 2.80 bits per heavy atom. The van der Waals surface area contributed by atoms with Gasteiger partial charge >= 0.3 is 0 Å². The number of hydrogen-bond donors (Lipinski definition) is 1. The molecule has 1 aliphatic rings. The van der Waals surface area contributed by atoms with Crippen molar-refractivity contribution < 1.29 is 4.79 Å². The van der Waals surface area contributed by atoms with Crippen LogP contribution in [0.15, 0.2) is 12.3 Å². The van der Waals surface area contributed by atoms with Crippen molar-refractivity contribution in [3.63, 3.8) is 0 Å². The molecule has 0 aliphatic carbocycles. The Kier molecular flexibility index (Phi) is 5.59. The van der Waals surface area contributed by atoms with Gasteiger partial charge in [-0.2, -0.15) is 5.10 Å². The molecule has 2 heterocycles. The predicted molar refractivity (Wildman–Crippen MR) is 79.3 cm³/mol. The molecule has 1 atom stereocenters. The van der Waals surface area contributed by atoms with Crippen LogP contribution in [0.4, 0.5) is 0 Å². The number of amides is 1. The van der Waals surface area contributed by atoms with Crippen molar-refractivity contribution in [1.29, 1.82) is 0 Å². The number of aryl methyl sites for hydroxylation is 1. The zero-order valence-corrected chi connectivity index (χ0v) is 12.6. The molecule has 1 aromatic rings. The van der Waals surface area contributed by atoms with Gasteiger partial charge in [-0.1, -0.05) is 6.92 Å². The molecule has 1 aromatic heterocycles. The van der Waals surface area contributed by atoms with Crippen LogP contribution in [0.2, 0.25) is 0 Å². The highest BCUT2D eigenvalue weighted by Crippen LogP contribution is 2.15. The largest absolute Gasteiger partial charge is 0.348 e. The van der Waals surface area contributed by atoms with Crippen molar-refractivity contribution in [2.45, 2.75) is 45.1 Å². The highest BCUT2D eigenvalue weighted by atomic mass is 16.1. The summed E-state index contributed by atoms with van der Waals surface area (Å²) < 4.78 is 1.83. The fraction of sp³-hybridized carbons (Fsp3) is 0.733. The van der Waals surface area contributed by atoms with E-state index >= 15 is 0 Å². The zero-order valence-electron chi connectivity index (χ0n) is 12.6. The summed E-state index contributed by atoms with van der Waals surface area (Å²) in [5.74, 6) is 0.150. The molecular weight excluding hydrogens is 252 g/mol. The fourth-order valence-corrected chi connectivity index (χ4v) is 2.85. The van der Waals surface area contributed by atoms with Crippen molar-refractivity contribution in [1.82, 2.24) is 20.0 Å². The maximum atomic E-state index is 12.0. The van der Waals surface area contributed by atoms with E-state index in [2.05, 4.69) is 22.2 Å². The summed E-state index contributed by atoms with van der Waals surface area (Å²) in [5, 5.41) is 7.28. The first-order valence-corrected chi connectivity index (χ1v) is 7.70. The van der Waals surface area contributed by atoms with Gasteiger partial charge in [0.2, 0.25) is 5.91 Å². The molecular formula is C15H26N4O. The molecule has 20 heavy (non-hydrogen) atoms. The maximum absolute atomic E-state index is 12.0. The monoisotopic (exact) mass is 278 g/mol. The van der Waals surface area contributed by atoms with Crippen LogP contribution in [0.25, 0.3) is 0 Å². The Labute approximate surface area is 121 Å². The van der Waals surface area contributed by atoms with E-state index in [1.54, 1.807) is 6.20 Å². The molecule has 1 fully saturated rings. The zero-order chi connectivity index (χ0) is 14.4. The standard InChI is InChI=1S/C15H26N4O/c1-3-13(14-8-9-16-18(14)2)17-15(20)7-6-12-19-10-4-5-11-19/h8-9,13H,3-7,10-12H2,1-2H3,(H,17,20)/t13-/m1/s1. The van der Waals surface area contributed by atoms with Crippen molar-refractivity contribution >= 4 is 5.91 Å². The summed E-state index contributed by atoms with van der Waals surface area (Å²) in [7, 11) is 1.91. The molecule has 1 N–H and O–H groups in total. The Morgan fingerprint density at radius 1 is 1.45 bits per heavy atom. The lowest BCUT2D eigenvalue weighted by Crippen LogP contribution is -2.30. The minimum atomic E-state index is 0.0711. The second kappa shape index (κ2) is 7.43. The quantitative estimate of drug-likeness (QED) is 0.828. The summed E-state index contributed by atoms with van der Waals surface area (Å²) >= 11 is 0. The van der Waals surface area contributed by atoms with Crippen LogP contribution in [0.3, 0.4) is 0 Å². The van der Waals surface area contributed by atoms with Gasteiger partial charge in [0, 0.05) is 19.7 Å². The Hall–Kier alpha value is -1.36. The number of rotatable bonds is 7. The van der Waals surface area contributed by atoms with E-state index in [9.17, 15) is 4.79 Å². The number of likely N-dealkylation sites (tertiary alicyclic amines) is 1. The fourth-order valence-electron chi connectivity index (χ4n) is 2.85. The summed E-state index contributed by atoms with van der Waals surface area (Å²) in [4.78, 5) is 14.5. The predicted octanol–water partition coefficient (Wildman–Crippen LogP) is 1.86. The van der Waals surface area contributed by atoms with E-state index in [4.69, 9.17) is 0 Å². The van der Waals surface area contributed by atoms with Crippen molar-refractivity contribution in [3.05, 3.63) is 18.0 Å². The average Bonchev–Trinajstić information content (AvgIpc) is 3.08. The number of nitrogens with one attached hydrogen (secondary N) is 1. The second-order valence-electron chi connectivity index (χ2n) is 5.56. The molecule has 1 saturated heterocycles. The van der Waals surface area contributed by atoms with Gasteiger partial charge in [-0.15, -0.1) is 0 Å². The van der Waals surface area contributed by atoms with Crippen molar-refractivity contribution in [2.24, 2.45) is 7.05 Å². The van der Waals surface area contributed by atoms with Gasteiger partial charge in [-0.3, -0.25) is 9.48 Å². The Morgan fingerprint density at radius 2 is 2.20 bits per heavy atom. The Balaban J connectivity index is 1.73.